The molecule has 0 aliphatic carbocycles. The first-order valence-electron chi connectivity index (χ1n) is 7.15. The molecule has 3 aromatic rings. The quantitative estimate of drug-likeness (QED) is 0.659. The molecule has 0 fully saturated rings. The molecule has 0 saturated carbocycles. The summed E-state index contributed by atoms with van der Waals surface area (Å²) >= 11 is 6.28. The summed E-state index contributed by atoms with van der Waals surface area (Å²) in [5.41, 5.74) is 3.38. The maximum atomic E-state index is 6.28. The Morgan fingerprint density at radius 2 is 1.57 bits per heavy atom. The maximum Gasteiger partial charge on any atom is 0.127 e. The molecule has 0 aliphatic rings. The molecule has 0 N–H and O–H groups in total. The number of nitrogens with zero attached hydrogens (tertiary/aromatic N) is 2. The van der Waals surface area contributed by atoms with E-state index in [4.69, 9.17) is 11.6 Å². The average Bonchev–Trinajstić information content (AvgIpc) is 2.91. The lowest BCUT2D eigenvalue weighted by Gasteiger charge is -2.03. The summed E-state index contributed by atoms with van der Waals surface area (Å²) in [5, 5.41) is 5.29. The van der Waals surface area contributed by atoms with Crippen LogP contribution < -0.4 is 0 Å². The summed E-state index contributed by atoms with van der Waals surface area (Å²) in [4.78, 5) is 0. The van der Waals surface area contributed by atoms with Crippen LogP contribution in [0.5, 0.6) is 0 Å². The first kappa shape index (κ1) is 13.9. The van der Waals surface area contributed by atoms with Crippen molar-refractivity contribution >= 4 is 11.6 Å². The van der Waals surface area contributed by atoms with E-state index in [-0.39, 0.29) is 0 Å². The highest BCUT2D eigenvalue weighted by atomic mass is 35.5. The van der Waals surface area contributed by atoms with E-state index in [1.807, 2.05) is 47.1 Å². The van der Waals surface area contributed by atoms with Crippen molar-refractivity contribution in [2.24, 2.45) is 0 Å². The van der Waals surface area contributed by atoms with Crippen LogP contribution in [0.15, 0.2) is 66.7 Å². The minimum Gasteiger partial charge on any atom is -0.253 e. The van der Waals surface area contributed by atoms with Gasteiger partial charge in [0.15, 0.2) is 0 Å². The van der Waals surface area contributed by atoms with Gasteiger partial charge < -0.3 is 0 Å². The van der Waals surface area contributed by atoms with E-state index in [0.717, 1.165) is 30.6 Å². The van der Waals surface area contributed by atoms with Gasteiger partial charge in [-0.15, -0.1) is 0 Å². The second-order valence-electron chi connectivity index (χ2n) is 5.03. The van der Waals surface area contributed by atoms with Crippen LogP contribution in [0.3, 0.4) is 0 Å². The third kappa shape index (κ3) is 3.53. The van der Waals surface area contributed by atoms with E-state index in [1.54, 1.807) is 0 Å². The Morgan fingerprint density at radius 3 is 2.29 bits per heavy atom. The van der Waals surface area contributed by atoms with Crippen molar-refractivity contribution in [3.8, 4) is 11.3 Å². The molecule has 0 unspecified atom stereocenters. The molecule has 3 heteroatoms. The molecular weight excluding hydrogens is 280 g/mol. The normalized spacial score (nSPS) is 10.7. The van der Waals surface area contributed by atoms with Gasteiger partial charge in [-0.25, -0.2) is 0 Å². The fourth-order valence-corrected chi connectivity index (χ4v) is 2.60. The van der Waals surface area contributed by atoms with Crippen molar-refractivity contribution in [1.29, 1.82) is 0 Å². The highest BCUT2D eigenvalue weighted by molar-refractivity contribution is 6.29. The number of benzene rings is 2. The Bertz CT molecular complexity index is 690. The van der Waals surface area contributed by atoms with Crippen LogP contribution in [-0.2, 0) is 13.0 Å². The molecule has 2 nitrogen and oxygen atoms in total. The van der Waals surface area contributed by atoms with E-state index in [0.29, 0.717) is 5.15 Å². The summed E-state index contributed by atoms with van der Waals surface area (Å²) in [6, 6.07) is 22.5. The molecule has 21 heavy (non-hydrogen) atoms. The highest BCUT2D eigenvalue weighted by Crippen LogP contribution is 2.22. The molecule has 1 heterocycles. The molecule has 0 saturated heterocycles. The van der Waals surface area contributed by atoms with Gasteiger partial charge in [-0.05, 0) is 18.4 Å². The van der Waals surface area contributed by atoms with Crippen LogP contribution in [0.4, 0.5) is 0 Å². The van der Waals surface area contributed by atoms with E-state index >= 15 is 0 Å². The van der Waals surface area contributed by atoms with Crippen molar-refractivity contribution in [3.63, 3.8) is 0 Å². The van der Waals surface area contributed by atoms with E-state index in [9.17, 15) is 0 Å². The molecule has 0 bridgehead atoms. The lowest BCUT2D eigenvalue weighted by atomic mass is 10.1. The molecule has 2 aromatic carbocycles. The Hall–Kier alpha value is -2.06. The van der Waals surface area contributed by atoms with Gasteiger partial charge in [0.05, 0.1) is 5.69 Å². The van der Waals surface area contributed by atoms with Crippen LogP contribution in [-0.4, -0.2) is 9.78 Å². The second-order valence-corrected chi connectivity index (χ2v) is 5.42. The minimum absolute atomic E-state index is 0.696. The minimum atomic E-state index is 0.696. The molecule has 106 valence electrons. The molecule has 0 atom stereocenters. The Labute approximate surface area is 130 Å². The molecule has 0 aliphatic heterocycles. The summed E-state index contributed by atoms with van der Waals surface area (Å²) in [6.07, 6.45) is 2.07. The topological polar surface area (TPSA) is 17.8 Å². The summed E-state index contributed by atoms with van der Waals surface area (Å²) in [7, 11) is 0. The van der Waals surface area contributed by atoms with Crippen LogP contribution in [0.25, 0.3) is 11.3 Å². The third-order valence-electron chi connectivity index (χ3n) is 3.48. The number of halogens is 1. The maximum absolute atomic E-state index is 6.28. The third-order valence-corrected chi connectivity index (χ3v) is 3.78. The largest absolute Gasteiger partial charge is 0.253 e. The number of aryl methyl sites for hydroxylation is 2. The molecule has 0 radical (unpaired) electrons. The first-order valence-corrected chi connectivity index (χ1v) is 7.53. The van der Waals surface area contributed by atoms with Crippen LogP contribution in [0.1, 0.15) is 12.0 Å². The molecule has 1 aromatic heterocycles. The van der Waals surface area contributed by atoms with Gasteiger partial charge in [-0.1, -0.05) is 72.3 Å². The molecule has 3 rings (SSSR count). The van der Waals surface area contributed by atoms with Crippen molar-refractivity contribution in [3.05, 3.63) is 77.4 Å². The molecular formula is C18H17ClN2. The van der Waals surface area contributed by atoms with Gasteiger partial charge >= 0.3 is 0 Å². The lowest BCUT2D eigenvalue weighted by Crippen LogP contribution is -2.02. The highest BCUT2D eigenvalue weighted by Gasteiger charge is 2.07. The average molecular weight is 297 g/mol. The van der Waals surface area contributed by atoms with Gasteiger partial charge in [0.25, 0.3) is 0 Å². The predicted molar refractivity (Wildman–Crippen MR) is 87.4 cm³/mol. The van der Waals surface area contributed by atoms with E-state index in [2.05, 4.69) is 29.4 Å². The van der Waals surface area contributed by atoms with Gasteiger partial charge in [0.2, 0.25) is 0 Å². The van der Waals surface area contributed by atoms with Gasteiger partial charge in [-0.2, -0.15) is 5.10 Å². The zero-order valence-corrected chi connectivity index (χ0v) is 12.5. The summed E-state index contributed by atoms with van der Waals surface area (Å²) in [6.45, 7) is 0.834. The van der Waals surface area contributed by atoms with Crippen molar-refractivity contribution < 1.29 is 0 Å². The molecule has 0 spiro atoms. The molecule has 0 amide bonds. The van der Waals surface area contributed by atoms with E-state index < -0.39 is 0 Å². The number of hydrogen-bond donors (Lipinski definition) is 0. The standard InChI is InChI=1S/C18H17ClN2/c19-18-14-17(16-11-5-2-6-12-16)20-21(18)13-7-10-15-8-3-1-4-9-15/h1-6,8-9,11-12,14H,7,10,13H2. The predicted octanol–water partition coefficient (Wildman–Crippen LogP) is 4.84. The Morgan fingerprint density at radius 1 is 0.905 bits per heavy atom. The summed E-state index contributed by atoms with van der Waals surface area (Å²) < 4.78 is 1.88. The van der Waals surface area contributed by atoms with Crippen LogP contribution in [0.2, 0.25) is 5.15 Å². The number of hydrogen-bond acceptors (Lipinski definition) is 1. The van der Waals surface area contributed by atoms with Crippen LogP contribution in [0, 0.1) is 0 Å². The monoisotopic (exact) mass is 296 g/mol. The first-order chi connectivity index (χ1) is 10.3. The van der Waals surface area contributed by atoms with Gasteiger partial charge in [0, 0.05) is 18.2 Å². The van der Waals surface area contributed by atoms with Crippen molar-refractivity contribution in [1.82, 2.24) is 9.78 Å². The SMILES string of the molecule is Clc1cc(-c2ccccc2)nn1CCCc1ccccc1. The zero-order valence-electron chi connectivity index (χ0n) is 11.7. The van der Waals surface area contributed by atoms with Gasteiger partial charge in [0.1, 0.15) is 5.15 Å². The van der Waals surface area contributed by atoms with Crippen molar-refractivity contribution in [2.45, 2.75) is 19.4 Å². The summed E-state index contributed by atoms with van der Waals surface area (Å²) in [5.74, 6) is 0. The Kier molecular flexibility index (Phi) is 4.37. The van der Waals surface area contributed by atoms with Gasteiger partial charge in [-0.3, -0.25) is 4.68 Å². The number of aromatic nitrogens is 2. The van der Waals surface area contributed by atoms with E-state index in [1.165, 1.54) is 5.56 Å². The fraction of sp³-hybridized carbons (Fsp3) is 0.167. The fourth-order valence-electron chi connectivity index (χ4n) is 2.38. The van der Waals surface area contributed by atoms with Crippen LogP contribution >= 0.6 is 11.6 Å². The second kappa shape index (κ2) is 6.59. The number of rotatable bonds is 5. The zero-order chi connectivity index (χ0) is 14.5. The Balaban J connectivity index is 1.65. The smallest absolute Gasteiger partial charge is 0.127 e. The lowest BCUT2D eigenvalue weighted by molar-refractivity contribution is 0.581. The van der Waals surface area contributed by atoms with Crippen molar-refractivity contribution in [2.75, 3.05) is 0 Å².